The molecular weight excluding hydrogens is 382 g/mol. The van der Waals surface area contributed by atoms with Gasteiger partial charge in [-0.25, -0.2) is 0 Å². The zero-order valence-corrected chi connectivity index (χ0v) is 16.8. The standard InChI is InChI=1S/C27H21N3O/c1-5-13-21(14-6-1)25-29-30-26(31-25)28-27(22-15-7-2-8-16-22,23-17-9-3-10-18-23)24-19-11-4-12-20-24/h1-20H,(H,28,30). The van der Waals surface area contributed by atoms with Gasteiger partial charge in [0.2, 0.25) is 5.89 Å². The molecule has 5 aromatic rings. The van der Waals surface area contributed by atoms with Crippen LogP contribution in [0.2, 0.25) is 0 Å². The lowest BCUT2D eigenvalue weighted by molar-refractivity contribution is 0.556. The molecule has 1 aromatic heterocycles. The molecule has 4 nitrogen and oxygen atoms in total. The number of hydrogen-bond acceptors (Lipinski definition) is 4. The van der Waals surface area contributed by atoms with Crippen molar-refractivity contribution >= 4 is 6.01 Å². The van der Waals surface area contributed by atoms with Gasteiger partial charge in [-0.3, -0.25) is 0 Å². The lowest BCUT2D eigenvalue weighted by atomic mass is 9.77. The van der Waals surface area contributed by atoms with Gasteiger partial charge in [0.05, 0.1) is 0 Å². The van der Waals surface area contributed by atoms with Crippen LogP contribution >= 0.6 is 0 Å². The first-order chi connectivity index (χ1) is 15.4. The molecule has 150 valence electrons. The van der Waals surface area contributed by atoms with Crippen molar-refractivity contribution in [2.45, 2.75) is 5.54 Å². The highest BCUT2D eigenvalue weighted by molar-refractivity contribution is 5.58. The number of benzene rings is 4. The van der Waals surface area contributed by atoms with Crippen molar-refractivity contribution in [3.63, 3.8) is 0 Å². The van der Waals surface area contributed by atoms with Crippen LogP contribution in [0.1, 0.15) is 16.7 Å². The van der Waals surface area contributed by atoms with Crippen molar-refractivity contribution in [1.29, 1.82) is 0 Å². The molecule has 0 unspecified atom stereocenters. The Morgan fingerprint density at radius 1 is 0.516 bits per heavy atom. The number of anilines is 1. The molecule has 1 N–H and O–H groups in total. The number of nitrogens with one attached hydrogen (secondary N) is 1. The summed E-state index contributed by atoms with van der Waals surface area (Å²) in [7, 11) is 0. The highest BCUT2D eigenvalue weighted by Crippen LogP contribution is 2.40. The fourth-order valence-electron chi connectivity index (χ4n) is 3.91. The zero-order valence-electron chi connectivity index (χ0n) is 16.8. The van der Waals surface area contributed by atoms with Gasteiger partial charge in [0.25, 0.3) is 0 Å². The lowest BCUT2D eigenvalue weighted by Gasteiger charge is -2.36. The first-order valence-electron chi connectivity index (χ1n) is 10.2. The number of aromatic nitrogens is 2. The fourth-order valence-corrected chi connectivity index (χ4v) is 3.91. The highest BCUT2D eigenvalue weighted by atomic mass is 16.4. The third kappa shape index (κ3) is 3.60. The van der Waals surface area contributed by atoms with Crippen molar-refractivity contribution in [1.82, 2.24) is 10.2 Å². The molecule has 0 bridgehead atoms. The molecule has 0 aliphatic rings. The van der Waals surface area contributed by atoms with Crippen LogP contribution in [-0.2, 0) is 5.54 Å². The summed E-state index contributed by atoms with van der Waals surface area (Å²) < 4.78 is 6.06. The van der Waals surface area contributed by atoms with E-state index < -0.39 is 5.54 Å². The molecule has 1 heterocycles. The van der Waals surface area contributed by atoms with Crippen LogP contribution in [0.4, 0.5) is 6.01 Å². The van der Waals surface area contributed by atoms with Crippen LogP contribution in [0.25, 0.3) is 11.5 Å². The Bertz CT molecular complexity index is 1140. The summed E-state index contributed by atoms with van der Waals surface area (Å²) in [5, 5.41) is 12.2. The maximum absolute atomic E-state index is 6.06. The van der Waals surface area contributed by atoms with Crippen molar-refractivity contribution in [2.24, 2.45) is 0 Å². The van der Waals surface area contributed by atoms with E-state index in [1.807, 2.05) is 84.9 Å². The van der Waals surface area contributed by atoms with Crippen LogP contribution in [0, 0.1) is 0 Å². The van der Waals surface area contributed by atoms with E-state index >= 15 is 0 Å². The molecule has 0 atom stereocenters. The molecule has 0 spiro atoms. The molecular formula is C27H21N3O. The van der Waals surface area contributed by atoms with Crippen LogP contribution in [0.3, 0.4) is 0 Å². The molecule has 4 aromatic carbocycles. The topological polar surface area (TPSA) is 51.0 Å². The smallest absolute Gasteiger partial charge is 0.317 e. The molecule has 4 heteroatoms. The Labute approximate surface area is 181 Å². The second kappa shape index (κ2) is 8.28. The summed E-state index contributed by atoms with van der Waals surface area (Å²) >= 11 is 0. The van der Waals surface area contributed by atoms with E-state index in [9.17, 15) is 0 Å². The molecule has 0 radical (unpaired) electrons. The summed E-state index contributed by atoms with van der Waals surface area (Å²) in [6, 6.07) is 41.1. The van der Waals surface area contributed by atoms with E-state index in [1.54, 1.807) is 0 Å². The molecule has 0 saturated heterocycles. The number of hydrogen-bond donors (Lipinski definition) is 1. The molecule has 0 aliphatic heterocycles. The average molecular weight is 403 g/mol. The van der Waals surface area contributed by atoms with Crippen molar-refractivity contribution < 1.29 is 4.42 Å². The van der Waals surface area contributed by atoms with Crippen LogP contribution in [0.15, 0.2) is 126 Å². The van der Waals surface area contributed by atoms with Crippen LogP contribution in [-0.4, -0.2) is 10.2 Å². The summed E-state index contributed by atoms with van der Waals surface area (Å²) in [6.45, 7) is 0. The van der Waals surface area contributed by atoms with Crippen molar-refractivity contribution in [3.8, 4) is 11.5 Å². The monoisotopic (exact) mass is 403 g/mol. The summed E-state index contributed by atoms with van der Waals surface area (Å²) in [4.78, 5) is 0. The Hall–Kier alpha value is -4.18. The Balaban J connectivity index is 1.68. The first kappa shape index (κ1) is 18.8. The molecule has 5 rings (SSSR count). The SMILES string of the molecule is c1ccc(-c2nnc(NC(c3ccccc3)(c3ccccc3)c3ccccc3)o2)cc1. The third-order valence-corrected chi connectivity index (χ3v) is 5.36. The maximum atomic E-state index is 6.06. The molecule has 0 fully saturated rings. The maximum Gasteiger partial charge on any atom is 0.317 e. The Kier molecular flexibility index (Phi) is 5.03. The Morgan fingerprint density at radius 2 is 0.935 bits per heavy atom. The minimum Gasteiger partial charge on any atom is -0.403 e. The van der Waals surface area contributed by atoms with Crippen molar-refractivity contribution in [2.75, 3.05) is 5.32 Å². The predicted octanol–water partition coefficient (Wildman–Crippen LogP) is 6.14. The van der Waals surface area contributed by atoms with Gasteiger partial charge in [0.1, 0.15) is 5.54 Å². The van der Waals surface area contributed by atoms with Gasteiger partial charge in [-0.1, -0.05) is 114 Å². The minimum atomic E-state index is -0.704. The van der Waals surface area contributed by atoms with Gasteiger partial charge in [-0.15, -0.1) is 5.10 Å². The molecule has 0 amide bonds. The fraction of sp³-hybridized carbons (Fsp3) is 0.0370. The number of nitrogens with zero attached hydrogens (tertiary/aromatic N) is 2. The van der Waals surface area contributed by atoms with Gasteiger partial charge in [-0.05, 0) is 28.8 Å². The summed E-state index contributed by atoms with van der Waals surface area (Å²) in [6.07, 6.45) is 0. The second-order valence-electron chi connectivity index (χ2n) is 7.25. The van der Waals surface area contributed by atoms with Gasteiger partial charge in [0.15, 0.2) is 0 Å². The largest absolute Gasteiger partial charge is 0.403 e. The van der Waals surface area contributed by atoms with Crippen LogP contribution < -0.4 is 5.32 Å². The van der Waals surface area contributed by atoms with E-state index in [4.69, 9.17) is 4.42 Å². The minimum absolute atomic E-state index is 0.357. The normalized spacial score (nSPS) is 11.2. The van der Waals surface area contributed by atoms with Crippen molar-refractivity contribution in [3.05, 3.63) is 138 Å². The second-order valence-corrected chi connectivity index (χ2v) is 7.25. The Morgan fingerprint density at radius 3 is 1.39 bits per heavy atom. The lowest BCUT2D eigenvalue weighted by Crippen LogP contribution is -2.38. The summed E-state index contributed by atoms with van der Waals surface area (Å²) in [5.74, 6) is 0.478. The predicted molar refractivity (Wildman–Crippen MR) is 123 cm³/mol. The van der Waals surface area contributed by atoms with E-state index in [1.165, 1.54) is 0 Å². The van der Waals surface area contributed by atoms with Gasteiger partial charge >= 0.3 is 6.01 Å². The quantitative estimate of drug-likeness (QED) is 0.346. The first-order valence-corrected chi connectivity index (χ1v) is 10.2. The molecule has 0 saturated carbocycles. The average Bonchev–Trinajstić information content (AvgIpc) is 3.33. The van der Waals surface area contributed by atoms with Gasteiger partial charge in [-0.2, -0.15) is 0 Å². The van der Waals surface area contributed by atoms with E-state index in [2.05, 4.69) is 51.9 Å². The van der Waals surface area contributed by atoms with E-state index in [0.717, 1.165) is 22.3 Å². The number of rotatable bonds is 6. The highest BCUT2D eigenvalue weighted by Gasteiger charge is 2.37. The van der Waals surface area contributed by atoms with Gasteiger partial charge in [0, 0.05) is 5.56 Å². The van der Waals surface area contributed by atoms with E-state index in [-0.39, 0.29) is 0 Å². The molecule has 0 aliphatic carbocycles. The van der Waals surface area contributed by atoms with Gasteiger partial charge < -0.3 is 9.73 Å². The third-order valence-electron chi connectivity index (χ3n) is 5.36. The molecule has 31 heavy (non-hydrogen) atoms. The summed E-state index contributed by atoms with van der Waals surface area (Å²) in [5.41, 5.74) is 3.41. The van der Waals surface area contributed by atoms with Crippen LogP contribution in [0.5, 0.6) is 0 Å². The van der Waals surface area contributed by atoms with E-state index in [0.29, 0.717) is 11.9 Å². The zero-order chi connectivity index (χ0) is 20.9.